The zero-order valence-corrected chi connectivity index (χ0v) is 16.7. The van der Waals surface area contributed by atoms with E-state index in [-0.39, 0.29) is 0 Å². The van der Waals surface area contributed by atoms with Gasteiger partial charge in [0.05, 0.1) is 5.69 Å². The number of anilines is 2. The quantitative estimate of drug-likeness (QED) is 0.366. The molecule has 0 atom stereocenters. The third-order valence-electron chi connectivity index (χ3n) is 3.75. The molecule has 0 aromatic heterocycles. The van der Waals surface area contributed by atoms with E-state index in [1.807, 2.05) is 42.5 Å². The van der Waals surface area contributed by atoms with Crippen LogP contribution in [0.25, 0.3) is 0 Å². The topological polar surface area (TPSA) is 24.1 Å². The van der Waals surface area contributed by atoms with Crippen LogP contribution in [0.4, 0.5) is 11.4 Å². The van der Waals surface area contributed by atoms with Crippen molar-refractivity contribution in [2.75, 3.05) is 10.6 Å². The number of thiocarbonyl (C=S) groups is 1. The largest absolute Gasteiger partial charge is 0.332 e. The first-order valence-electron chi connectivity index (χ1n) is 8.21. The fourth-order valence-electron chi connectivity index (χ4n) is 2.36. The van der Waals surface area contributed by atoms with E-state index < -0.39 is 0 Å². The minimum atomic E-state index is 0.577. The molecular weight excluding hydrogens is 380 g/mol. The van der Waals surface area contributed by atoms with Gasteiger partial charge in [0.1, 0.15) is 0 Å². The number of hydrogen-bond acceptors (Lipinski definition) is 2. The van der Waals surface area contributed by atoms with Crippen LogP contribution in [0.2, 0.25) is 5.02 Å². The smallest absolute Gasteiger partial charge is 0.175 e. The fourth-order valence-corrected chi connectivity index (χ4v) is 3.68. The molecule has 0 heterocycles. The first-order chi connectivity index (χ1) is 12.6. The average molecular weight is 399 g/mol. The Balaban J connectivity index is 1.63. The Kier molecular flexibility index (Phi) is 6.56. The van der Waals surface area contributed by atoms with E-state index in [9.17, 15) is 0 Å². The number of para-hydroxylation sites is 1. The van der Waals surface area contributed by atoms with Gasteiger partial charge in [0, 0.05) is 21.4 Å². The maximum Gasteiger partial charge on any atom is 0.175 e. The highest BCUT2D eigenvalue weighted by atomic mass is 35.5. The summed E-state index contributed by atoms with van der Waals surface area (Å²) in [6, 6.07) is 24.3. The number of hydrogen-bond donors (Lipinski definition) is 2. The Labute approximate surface area is 169 Å². The summed E-state index contributed by atoms with van der Waals surface area (Å²) in [5, 5.41) is 7.85. The third kappa shape index (κ3) is 5.49. The summed E-state index contributed by atoms with van der Waals surface area (Å²) in [5.41, 5.74) is 4.42. The molecule has 0 amide bonds. The predicted octanol–water partition coefficient (Wildman–Crippen LogP) is 6.75. The zero-order valence-electron chi connectivity index (χ0n) is 14.3. The van der Waals surface area contributed by atoms with Crippen molar-refractivity contribution >= 4 is 52.1 Å². The van der Waals surface area contributed by atoms with E-state index in [1.54, 1.807) is 11.8 Å². The molecule has 0 unspecified atom stereocenters. The Bertz CT molecular complexity index is 877. The highest BCUT2D eigenvalue weighted by Gasteiger charge is 2.06. The second-order valence-corrected chi connectivity index (χ2v) is 7.72. The van der Waals surface area contributed by atoms with Crippen molar-refractivity contribution in [1.29, 1.82) is 0 Å². The second-order valence-electron chi connectivity index (χ2n) is 5.86. The highest BCUT2D eigenvalue weighted by Crippen LogP contribution is 2.30. The molecule has 0 fully saturated rings. The van der Waals surface area contributed by atoms with Gasteiger partial charge in [-0.1, -0.05) is 53.6 Å². The SMILES string of the molecule is Cc1ccc(NC(=S)Nc2ccccc2SCc2ccc(Cl)cc2)cc1. The zero-order chi connectivity index (χ0) is 18.4. The van der Waals surface area contributed by atoms with Gasteiger partial charge in [-0.2, -0.15) is 0 Å². The Morgan fingerprint density at radius 1 is 0.923 bits per heavy atom. The Morgan fingerprint density at radius 2 is 1.62 bits per heavy atom. The van der Waals surface area contributed by atoms with Crippen molar-refractivity contribution in [2.24, 2.45) is 0 Å². The van der Waals surface area contributed by atoms with Crippen LogP contribution in [0.15, 0.2) is 77.7 Å². The Morgan fingerprint density at radius 3 is 2.35 bits per heavy atom. The maximum absolute atomic E-state index is 5.95. The van der Waals surface area contributed by atoms with Crippen molar-refractivity contribution in [2.45, 2.75) is 17.6 Å². The molecule has 26 heavy (non-hydrogen) atoms. The van der Waals surface area contributed by atoms with Crippen LogP contribution in [-0.2, 0) is 5.75 Å². The van der Waals surface area contributed by atoms with Crippen LogP contribution in [-0.4, -0.2) is 5.11 Å². The average Bonchev–Trinajstić information content (AvgIpc) is 2.64. The Hall–Kier alpha value is -2.01. The fraction of sp³-hybridized carbons (Fsp3) is 0.0952. The van der Waals surface area contributed by atoms with Crippen LogP contribution in [0.5, 0.6) is 0 Å². The number of benzene rings is 3. The lowest BCUT2D eigenvalue weighted by Crippen LogP contribution is -2.19. The van der Waals surface area contributed by atoms with Gasteiger partial charge in [0.15, 0.2) is 5.11 Å². The van der Waals surface area contributed by atoms with Crippen molar-refractivity contribution < 1.29 is 0 Å². The molecule has 0 bridgehead atoms. The lowest BCUT2D eigenvalue weighted by Gasteiger charge is -2.14. The molecule has 2 nitrogen and oxygen atoms in total. The summed E-state index contributed by atoms with van der Waals surface area (Å²) >= 11 is 13.2. The summed E-state index contributed by atoms with van der Waals surface area (Å²) in [5.74, 6) is 0.869. The van der Waals surface area contributed by atoms with Crippen molar-refractivity contribution in [1.82, 2.24) is 0 Å². The van der Waals surface area contributed by atoms with E-state index >= 15 is 0 Å². The van der Waals surface area contributed by atoms with Crippen LogP contribution in [0.1, 0.15) is 11.1 Å². The normalized spacial score (nSPS) is 10.4. The molecule has 3 aromatic rings. The van der Waals surface area contributed by atoms with Crippen LogP contribution in [0, 0.1) is 6.92 Å². The molecule has 0 saturated carbocycles. The number of aryl methyl sites for hydroxylation is 1. The van der Waals surface area contributed by atoms with Gasteiger partial charge in [-0.15, -0.1) is 11.8 Å². The summed E-state index contributed by atoms with van der Waals surface area (Å²) < 4.78 is 0. The lowest BCUT2D eigenvalue weighted by atomic mass is 10.2. The number of halogens is 1. The lowest BCUT2D eigenvalue weighted by molar-refractivity contribution is 1.38. The molecule has 2 N–H and O–H groups in total. The van der Waals surface area contributed by atoms with E-state index in [2.05, 4.69) is 47.9 Å². The monoisotopic (exact) mass is 398 g/mol. The number of nitrogens with one attached hydrogen (secondary N) is 2. The molecule has 132 valence electrons. The van der Waals surface area contributed by atoms with Crippen molar-refractivity contribution in [3.05, 3.63) is 88.9 Å². The maximum atomic E-state index is 5.95. The standard InChI is InChI=1S/C21H19ClN2S2/c1-15-6-12-18(13-7-15)23-21(25)24-19-4-2-3-5-20(19)26-14-16-8-10-17(22)11-9-16/h2-13H,14H2,1H3,(H2,23,24,25). The highest BCUT2D eigenvalue weighted by molar-refractivity contribution is 7.98. The minimum Gasteiger partial charge on any atom is -0.332 e. The molecule has 5 heteroatoms. The van der Waals surface area contributed by atoms with Crippen LogP contribution >= 0.6 is 35.6 Å². The van der Waals surface area contributed by atoms with Gasteiger partial charge < -0.3 is 10.6 Å². The molecule has 0 aliphatic carbocycles. The molecule has 0 saturated heterocycles. The molecule has 0 radical (unpaired) electrons. The van der Waals surface area contributed by atoms with Crippen LogP contribution < -0.4 is 10.6 Å². The molecule has 0 spiro atoms. The van der Waals surface area contributed by atoms with Gasteiger partial charge in [-0.25, -0.2) is 0 Å². The first-order valence-corrected chi connectivity index (χ1v) is 9.98. The van der Waals surface area contributed by atoms with E-state index in [1.165, 1.54) is 11.1 Å². The van der Waals surface area contributed by atoms with Gasteiger partial charge >= 0.3 is 0 Å². The predicted molar refractivity (Wildman–Crippen MR) is 118 cm³/mol. The summed E-state index contributed by atoms with van der Waals surface area (Å²) in [6.07, 6.45) is 0. The van der Waals surface area contributed by atoms with Gasteiger partial charge in [-0.3, -0.25) is 0 Å². The number of rotatable bonds is 5. The van der Waals surface area contributed by atoms with Crippen molar-refractivity contribution in [3.63, 3.8) is 0 Å². The molecule has 0 aliphatic heterocycles. The van der Waals surface area contributed by atoms with Gasteiger partial charge in [-0.05, 0) is 61.1 Å². The summed E-state index contributed by atoms with van der Waals surface area (Å²) in [6.45, 7) is 2.06. The minimum absolute atomic E-state index is 0.577. The van der Waals surface area contributed by atoms with Crippen molar-refractivity contribution in [3.8, 4) is 0 Å². The van der Waals surface area contributed by atoms with E-state index in [0.717, 1.165) is 27.0 Å². The molecule has 0 aliphatic rings. The van der Waals surface area contributed by atoms with Gasteiger partial charge in [0.25, 0.3) is 0 Å². The second kappa shape index (κ2) is 9.08. The third-order valence-corrected chi connectivity index (χ3v) is 5.35. The van der Waals surface area contributed by atoms with Crippen LogP contribution in [0.3, 0.4) is 0 Å². The van der Waals surface area contributed by atoms with E-state index in [4.69, 9.17) is 23.8 Å². The molecular formula is C21H19ClN2S2. The number of thioether (sulfide) groups is 1. The summed E-state index contributed by atoms with van der Waals surface area (Å²) in [7, 11) is 0. The first kappa shape index (κ1) is 18.8. The molecule has 3 aromatic carbocycles. The summed E-state index contributed by atoms with van der Waals surface area (Å²) in [4.78, 5) is 1.15. The van der Waals surface area contributed by atoms with E-state index in [0.29, 0.717) is 5.11 Å². The van der Waals surface area contributed by atoms with Gasteiger partial charge in [0.2, 0.25) is 0 Å². The molecule has 3 rings (SSSR count).